The Morgan fingerprint density at radius 2 is 1.54 bits per heavy atom. The fourth-order valence-electron chi connectivity index (χ4n) is 5.23. The summed E-state index contributed by atoms with van der Waals surface area (Å²) >= 11 is 0. The van der Waals surface area contributed by atoms with Crippen LogP contribution in [0.5, 0.6) is 0 Å². The van der Waals surface area contributed by atoms with E-state index in [4.69, 9.17) is 19.5 Å². The predicted molar refractivity (Wildman–Crippen MR) is 137 cm³/mol. The van der Waals surface area contributed by atoms with Crippen molar-refractivity contribution in [3.8, 4) is 6.07 Å². The van der Waals surface area contributed by atoms with Crippen molar-refractivity contribution in [2.75, 3.05) is 13.7 Å². The van der Waals surface area contributed by atoms with Crippen LogP contribution in [0.15, 0.2) is 0 Å². The van der Waals surface area contributed by atoms with Crippen LogP contribution in [-0.4, -0.2) is 66.0 Å². The highest BCUT2D eigenvalue weighted by Crippen LogP contribution is 2.32. The summed E-state index contributed by atoms with van der Waals surface area (Å²) in [5.41, 5.74) is -1.13. The van der Waals surface area contributed by atoms with Gasteiger partial charge < -0.3 is 19.1 Å². The first-order valence-corrected chi connectivity index (χ1v) is 13.0. The third-order valence-electron chi connectivity index (χ3n) is 6.72. The molecule has 1 heterocycles. The van der Waals surface area contributed by atoms with E-state index in [2.05, 4.69) is 19.2 Å². The van der Waals surface area contributed by atoms with Crippen LogP contribution >= 0.6 is 0 Å². The number of piperidine rings is 1. The highest BCUT2D eigenvalue weighted by molar-refractivity contribution is 5.79. The van der Waals surface area contributed by atoms with E-state index in [0.29, 0.717) is 18.1 Å². The summed E-state index contributed by atoms with van der Waals surface area (Å²) in [6.45, 7) is 15.9. The molecular weight excluding hydrogens is 446 g/mol. The van der Waals surface area contributed by atoms with E-state index in [0.717, 1.165) is 51.6 Å². The minimum atomic E-state index is -0.658. The fourth-order valence-corrected chi connectivity index (χ4v) is 5.23. The fraction of sp³-hybridized carbons (Fsp3) is 0.889. The molecule has 0 aromatic carbocycles. The molecule has 0 spiro atoms. The number of carbonyl (C=O) groups is 2. The van der Waals surface area contributed by atoms with Gasteiger partial charge in [0.1, 0.15) is 11.1 Å². The minimum absolute atomic E-state index is 0.179. The lowest BCUT2D eigenvalue weighted by molar-refractivity contribution is -0.147. The minimum Gasteiger partial charge on any atom is -0.468 e. The van der Waals surface area contributed by atoms with Gasteiger partial charge in [0.15, 0.2) is 0 Å². The third-order valence-corrected chi connectivity index (χ3v) is 6.72. The van der Waals surface area contributed by atoms with Gasteiger partial charge in [0, 0.05) is 31.7 Å². The van der Waals surface area contributed by atoms with E-state index in [-0.39, 0.29) is 24.1 Å². The van der Waals surface area contributed by atoms with Gasteiger partial charge in [-0.1, -0.05) is 0 Å². The molecule has 1 N–H and O–H groups in total. The number of carbonyl (C=O) groups excluding carboxylic acids is 2. The van der Waals surface area contributed by atoms with Gasteiger partial charge in [0.2, 0.25) is 0 Å². The molecule has 1 saturated heterocycles. The molecule has 35 heavy (non-hydrogen) atoms. The van der Waals surface area contributed by atoms with Crippen molar-refractivity contribution >= 4 is 12.1 Å². The Labute approximate surface area is 213 Å². The Hall–Kier alpha value is -1.85. The lowest BCUT2D eigenvalue weighted by Gasteiger charge is -2.43. The third kappa shape index (κ3) is 10.7. The first kappa shape index (κ1) is 31.2. The lowest BCUT2D eigenvalue weighted by atomic mass is 9.85. The average molecular weight is 496 g/mol. The van der Waals surface area contributed by atoms with E-state index in [1.165, 1.54) is 14.0 Å². The van der Waals surface area contributed by atoms with E-state index in [1.807, 2.05) is 39.5 Å². The monoisotopic (exact) mass is 495 g/mol. The van der Waals surface area contributed by atoms with Crippen LogP contribution in [0, 0.1) is 17.2 Å². The SMILES string of the molecule is CC#N.COC(=O)C(C)(C)NC1CCC(OCCC2C[C@@H](C)N(C(=O)OC(C)(C)C)[C@@H](C)C2)CC1. The second kappa shape index (κ2) is 14.0. The average Bonchev–Trinajstić information content (AvgIpc) is 2.73. The van der Waals surface area contributed by atoms with E-state index in [9.17, 15) is 9.59 Å². The van der Waals surface area contributed by atoms with Gasteiger partial charge in [0.25, 0.3) is 0 Å². The maximum Gasteiger partial charge on any atom is 0.410 e. The topological polar surface area (TPSA) is 101 Å². The Morgan fingerprint density at radius 3 is 2.00 bits per heavy atom. The standard InChI is InChI=1S/C25H46N2O5.C2H3N/c1-17-15-19(16-18(2)27(17)23(29)32-24(3,4)5)13-14-31-21-11-9-20(10-12-21)26-25(6,7)22(28)30-8;1-2-3/h17-21,26H,9-16H2,1-8H3;1H3/t17-,18+,19?,20?,21?;. The summed E-state index contributed by atoms with van der Waals surface area (Å²) in [7, 11) is 1.43. The Morgan fingerprint density at radius 1 is 1.03 bits per heavy atom. The summed E-state index contributed by atoms with van der Waals surface area (Å²) in [4.78, 5) is 26.4. The number of ether oxygens (including phenoxy) is 3. The number of amides is 1. The smallest absolute Gasteiger partial charge is 0.410 e. The summed E-state index contributed by atoms with van der Waals surface area (Å²) in [6, 6.07) is 2.43. The van der Waals surface area contributed by atoms with Crippen LogP contribution < -0.4 is 5.32 Å². The van der Waals surface area contributed by atoms with Crippen LogP contribution in [0.2, 0.25) is 0 Å². The van der Waals surface area contributed by atoms with Crippen LogP contribution in [0.3, 0.4) is 0 Å². The van der Waals surface area contributed by atoms with E-state index >= 15 is 0 Å². The summed E-state index contributed by atoms with van der Waals surface area (Å²) in [5, 5.41) is 10.8. The largest absolute Gasteiger partial charge is 0.468 e. The zero-order valence-electron chi connectivity index (χ0n) is 23.5. The number of rotatable bonds is 7. The van der Waals surface area contributed by atoms with Crippen LogP contribution in [0.4, 0.5) is 4.79 Å². The molecule has 1 unspecified atom stereocenters. The van der Waals surface area contributed by atoms with Gasteiger partial charge in [-0.25, -0.2) is 4.79 Å². The molecule has 0 aromatic rings. The van der Waals surface area contributed by atoms with Gasteiger partial charge in [-0.3, -0.25) is 10.1 Å². The van der Waals surface area contributed by atoms with Crippen LogP contribution in [0.25, 0.3) is 0 Å². The molecule has 0 bridgehead atoms. The number of hydrogen-bond acceptors (Lipinski definition) is 7. The Bertz CT molecular complexity index is 693. The molecule has 1 aliphatic carbocycles. The lowest BCUT2D eigenvalue weighted by Crippen LogP contribution is -2.53. The molecule has 8 nitrogen and oxygen atoms in total. The quantitative estimate of drug-likeness (QED) is 0.484. The number of nitriles is 1. The van der Waals surface area contributed by atoms with Crippen molar-refractivity contribution in [3.05, 3.63) is 0 Å². The summed E-state index contributed by atoms with van der Waals surface area (Å²) in [6.07, 6.45) is 7.15. The number of nitrogens with zero attached hydrogens (tertiary/aromatic N) is 2. The van der Waals surface area contributed by atoms with Crippen LogP contribution in [-0.2, 0) is 19.0 Å². The molecular formula is C27H49N3O5. The highest BCUT2D eigenvalue weighted by atomic mass is 16.6. The van der Waals surface area contributed by atoms with Gasteiger partial charge in [0.05, 0.1) is 19.3 Å². The molecule has 8 heteroatoms. The highest BCUT2D eigenvalue weighted by Gasteiger charge is 2.37. The van der Waals surface area contributed by atoms with Crippen molar-refractivity contribution in [1.29, 1.82) is 5.26 Å². The van der Waals surface area contributed by atoms with Gasteiger partial charge in [-0.15, -0.1) is 0 Å². The number of methoxy groups -OCH3 is 1. The van der Waals surface area contributed by atoms with Crippen LogP contribution in [0.1, 0.15) is 100 Å². The molecule has 1 aliphatic heterocycles. The van der Waals surface area contributed by atoms with Crippen molar-refractivity contribution in [2.45, 2.75) is 136 Å². The first-order valence-electron chi connectivity index (χ1n) is 13.0. The van der Waals surface area contributed by atoms with Gasteiger partial charge in [-0.05, 0) is 99.3 Å². The molecule has 0 radical (unpaired) electrons. The first-order chi connectivity index (χ1) is 16.2. The summed E-state index contributed by atoms with van der Waals surface area (Å²) in [5.74, 6) is 0.342. The summed E-state index contributed by atoms with van der Waals surface area (Å²) < 4.78 is 16.7. The second-order valence-electron chi connectivity index (χ2n) is 11.5. The maximum atomic E-state index is 12.6. The van der Waals surface area contributed by atoms with Crippen molar-refractivity contribution in [1.82, 2.24) is 10.2 Å². The Balaban J connectivity index is 0.00000194. The van der Waals surface area contributed by atoms with Gasteiger partial charge >= 0.3 is 12.1 Å². The molecule has 2 aliphatic rings. The predicted octanol–water partition coefficient (Wildman–Crippen LogP) is 5.20. The van der Waals surface area contributed by atoms with Crippen molar-refractivity contribution in [2.24, 2.45) is 5.92 Å². The van der Waals surface area contributed by atoms with Crippen molar-refractivity contribution < 1.29 is 23.8 Å². The molecule has 202 valence electrons. The molecule has 3 atom stereocenters. The molecule has 2 fully saturated rings. The molecule has 1 saturated carbocycles. The molecule has 0 aromatic heterocycles. The second-order valence-corrected chi connectivity index (χ2v) is 11.5. The number of nitrogens with one attached hydrogen (secondary N) is 1. The number of likely N-dealkylation sites (tertiary alicyclic amines) is 1. The van der Waals surface area contributed by atoms with Crippen molar-refractivity contribution in [3.63, 3.8) is 0 Å². The molecule has 2 rings (SSSR count). The normalized spacial score (nSPS) is 27.2. The van der Waals surface area contributed by atoms with Gasteiger partial charge in [-0.2, -0.15) is 5.26 Å². The molecule has 1 amide bonds. The number of hydrogen-bond donors (Lipinski definition) is 1. The maximum absolute atomic E-state index is 12.6. The van der Waals surface area contributed by atoms with E-state index in [1.54, 1.807) is 6.07 Å². The zero-order valence-corrected chi connectivity index (χ0v) is 23.5. The van der Waals surface area contributed by atoms with E-state index < -0.39 is 11.1 Å². The Kier molecular flexibility index (Phi) is 12.5. The zero-order chi connectivity index (χ0) is 26.8. The number of esters is 1.